The number of hydrogen-bond acceptors (Lipinski definition) is 5. The van der Waals surface area contributed by atoms with Crippen LogP contribution < -0.4 is 10.1 Å². The van der Waals surface area contributed by atoms with Crippen LogP contribution in [0, 0.1) is 0 Å². The zero-order chi connectivity index (χ0) is 17.9. The van der Waals surface area contributed by atoms with Crippen molar-refractivity contribution < 1.29 is 21.9 Å². The Morgan fingerprint density at radius 3 is 2.62 bits per heavy atom. The van der Waals surface area contributed by atoms with Crippen molar-refractivity contribution in [3.8, 4) is 5.75 Å². The molecule has 1 unspecified atom stereocenters. The summed E-state index contributed by atoms with van der Waals surface area (Å²) in [7, 11) is -1.58. The molecule has 1 aromatic heterocycles. The summed E-state index contributed by atoms with van der Waals surface area (Å²) >= 11 is 0. The van der Waals surface area contributed by atoms with E-state index in [4.69, 9.17) is 4.74 Å². The van der Waals surface area contributed by atoms with E-state index >= 15 is 0 Å². The van der Waals surface area contributed by atoms with Crippen molar-refractivity contribution in [2.45, 2.75) is 30.2 Å². The summed E-state index contributed by atoms with van der Waals surface area (Å²) in [6.45, 7) is 2.43. The Hall–Kier alpha value is -2.00. The molecule has 0 saturated carbocycles. The molecule has 6 nitrogen and oxygen atoms in total. The zero-order valence-electron chi connectivity index (χ0n) is 13.5. The molecule has 0 radical (unpaired) electrons. The topological polar surface area (TPSA) is 73.2 Å². The van der Waals surface area contributed by atoms with Gasteiger partial charge in [0.05, 0.1) is 19.1 Å². The van der Waals surface area contributed by atoms with Crippen LogP contribution in [0.15, 0.2) is 35.6 Å². The Morgan fingerprint density at radius 2 is 2.08 bits per heavy atom. The highest BCUT2D eigenvalue weighted by Gasteiger charge is 2.30. The van der Waals surface area contributed by atoms with Crippen LogP contribution in [-0.4, -0.2) is 30.8 Å². The standard InChI is InChI=1S/C15H19F2N3O3S/c1-10(19-8-12-7-18-9-20(12)2)11-4-5-14(13(6-11)23-3)24(21,22)15(16)17/h4-7,9-10,15,19H,8H2,1-3H3. The summed E-state index contributed by atoms with van der Waals surface area (Å²) < 4.78 is 55.6. The van der Waals surface area contributed by atoms with E-state index in [-0.39, 0.29) is 11.8 Å². The fraction of sp³-hybridized carbons (Fsp3) is 0.400. The van der Waals surface area contributed by atoms with Crippen LogP contribution in [0.4, 0.5) is 8.78 Å². The van der Waals surface area contributed by atoms with Crippen LogP contribution in [0.5, 0.6) is 5.75 Å². The molecule has 2 rings (SSSR count). The molecule has 1 N–H and O–H groups in total. The smallest absolute Gasteiger partial charge is 0.341 e. The number of halogens is 2. The SMILES string of the molecule is COc1cc(C(C)NCc2cncn2C)ccc1S(=O)(=O)C(F)F. The summed E-state index contributed by atoms with van der Waals surface area (Å²) in [6, 6.07) is 3.96. The van der Waals surface area contributed by atoms with Gasteiger partial charge < -0.3 is 14.6 Å². The van der Waals surface area contributed by atoms with Gasteiger partial charge in [0.1, 0.15) is 10.6 Å². The number of aryl methyl sites for hydroxylation is 1. The number of nitrogens with zero attached hydrogens (tertiary/aromatic N) is 2. The lowest BCUT2D eigenvalue weighted by Crippen LogP contribution is -2.20. The number of benzene rings is 1. The molecule has 0 aliphatic heterocycles. The first-order valence-electron chi connectivity index (χ1n) is 7.16. The minimum Gasteiger partial charge on any atom is -0.495 e. The molecule has 24 heavy (non-hydrogen) atoms. The van der Waals surface area contributed by atoms with E-state index in [1.807, 2.05) is 18.5 Å². The molecule has 1 heterocycles. The molecule has 1 aromatic carbocycles. The van der Waals surface area contributed by atoms with Crippen LogP contribution >= 0.6 is 0 Å². The number of aromatic nitrogens is 2. The molecule has 0 amide bonds. The van der Waals surface area contributed by atoms with E-state index in [1.54, 1.807) is 12.5 Å². The molecule has 1 atom stereocenters. The normalized spacial score (nSPS) is 13.2. The lowest BCUT2D eigenvalue weighted by molar-refractivity contribution is 0.234. The number of nitrogens with one attached hydrogen (secondary N) is 1. The molecule has 0 fully saturated rings. The highest BCUT2D eigenvalue weighted by Crippen LogP contribution is 2.31. The Balaban J connectivity index is 2.21. The third kappa shape index (κ3) is 3.73. The predicted molar refractivity (Wildman–Crippen MR) is 84.6 cm³/mol. The predicted octanol–water partition coefficient (Wildman–Crippen LogP) is 2.28. The molecule has 2 aromatic rings. The largest absolute Gasteiger partial charge is 0.495 e. The average Bonchev–Trinajstić information content (AvgIpc) is 2.96. The maximum absolute atomic E-state index is 12.7. The zero-order valence-corrected chi connectivity index (χ0v) is 14.3. The lowest BCUT2D eigenvalue weighted by Gasteiger charge is -2.17. The number of methoxy groups -OCH3 is 1. The van der Waals surface area contributed by atoms with Gasteiger partial charge in [-0.05, 0) is 24.6 Å². The maximum atomic E-state index is 12.7. The minimum absolute atomic E-state index is 0.0954. The highest BCUT2D eigenvalue weighted by atomic mass is 32.2. The van der Waals surface area contributed by atoms with Crippen molar-refractivity contribution in [1.82, 2.24) is 14.9 Å². The van der Waals surface area contributed by atoms with E-state index in [9.17, 15) is 17.2 Å². The third-order valence-electron chi connectivity index (χ3n) is 3.73. The molecule has 0 spiro atoms. The van der Waals surface area contributed by atoms with Gasteiger partial charge in [-0.25, -0.2) is 13.4 Å². The van der Waals surface area contributed by atoms with Crippen molar-refractivity contribution in [2.75, 3.05) is 7.11 Å². The van der Waals surface area contributed by atoms with Crippen LogP contribution in [-0.2, 0) is 23.4 Å². The van der Waals surface area contributed by atoms with E-state index in [0.717, 1.165) is 17.3 Å². The van der Waals surface area contributed by atoms with Gasteiger partial charge >= 0.3 is 5.76 Å². The van der Waals surface area contributed by atoms with E-state index < -0.39 is 20.5 Å². The van der Waals surface area contributed by atoms with E-state index in [1.165, 1.54) is 19.2 Å². The van der Waals surface area contributed by atoms with Crippen LogP contribution in [0.25, 0.3) is 0 Å². The first-order valence-corrected chi connectivity index (χ1v) is 8.70. The van der Waals surface area contributed by atoms with E-state index in [0.29, 0.717) is 6.54 Å². The summed E-state index contributed by atoms with van der Waals surface area (Å²) in [5.74, 6) is -3.58. The summed E-state index contributed by atoms with van der Waals surface area (Å²) in [6.07, 6.45) is 3.42. The molecule has 132 valence electrons. The quantitative estimate of drug-likeness (QED) is 0.821. The van der Waals surface area contributed by atoms with Gasteiger partial charge in [0, 0.05) is 25.8 Å². The number of imidazole rings is 1. The Kier molecular flexibility index (Phi) is 5.55. The maximum Gasteiger partial charge on any atom is 0.341 e. The molecular weight excluding hydrogens is 340 g/mol. The second-order valence-corrected chi connectivity index (χ2v) is 7.20. The van der Waals surface area contributed by atoms with Crippen molar-refractivity contribution in [3.05, 3.63) is 42.0 Å². The second kappa shape index (κ2) is 7.27. The fourth-order valence-electron chi connectivity index (χ4n) is 2.22. The van der Waals surface area contributed by atoms with Crippen molar-refractivity contribution in [2.24, 2.45) is 7.05 Å². The van der Waals surface area contributed by atoms with Gasteiger partial charge in [-0.15, -0.1) is 0 Å². The average molecular weight is 359 g/mol. The Morgan fingerprint density at radius 1 is 1.38 bits per heavy atom. The highest BCUT2D eigenvalue weighted by molar-refractivity contribution is 7.91. The first-order chi connectivity index (χ1) is 11.3. The second-order valence-electron chi connectivity index (χ2n) is 5.31. The number of rotatable bonds is 7. The van der Waals surface area contributed by atoms with Gasteiger partial charge in [-0.1, -0.05) is 6.07 Å². The molecule has 0 aliphatic rings. The summed E-state index contributed by atoms with van der Waals surface area (Å²) in [4.78, 5) is 3.51. The Bertz CT molecular complexity index is 806. The molecule has 0 bridgehead atoms. The number of hydrogen-bond donors (Lipinski definition) is 1. The van der Waals surface area contributed by atoms with Gasteiger partial charge in [-0.2, -0.15) is 8.78 Å². The molecule has 9 heteroatoms. The van der Waals surface area contributed by atoms with Gasteiger partial charge in [0.2, 0.25) is 9.84 Å². The number of sulfone groups is 1. The minimum atomic E-state index is -4.71. The van der Waals surface area contributed by atoms with Crippen molar-refractivity contribution in [1.29, 1.82) is 0 Å². The van der Waals surface area contributed by atoms with Gasteiger partial charge in [-0.3, -0.25) is 0 Å². The molecular formula is C15H19F2N3O3S. The lowest BCUT2D eigenvalue weighted by atomic mass is 10.1. The summed E-state index contributed by atoms with van der Waals surface area (Å²) in [5.41, 5.74) is 1.70. The molecule has 0 saturated heterocycles. The van der Waals surface area contributed by atoms with Gasteiger partial charge in [0.25, 0.3) is 0 Å². The van der Waals surface area contributed by atoms with Crippen LogP contribution in [0.3, 0.4) is 0 Å². The third-order valence-corrected chi connectivity index (χ3v) is 5.15. The van der Waals surface area contributed by atoms with Crippen molar-refractivity contribution >= 4 is 9.84 Å². The van der Waals surface area contributed by atoms with Crippen LogP contribution in [0.1, 0.15) is 24.2 Å². The van der Waals surface area contributed by atoms with E-state index in [2.05, 4.69) is 10.3 Å². The monoisotopic (exact) mass is 359 g/mol. The fourth-order valence-corrected chi connectivity index (χ4v) is 3.09. The van der Waals surface area contributed by atoms with Crippen LogP contribution in [0.2, 0.25) is 0 Å². The summed E-state index contributed by atoms with van der Waals surface area (Å²) in [5, 5.41) is 3.26. The van der Waals surface area contributed by atoms with Gasteiger partial charge in [0.15, 0.2) is 0 Å². The van der Waals surface area contributed by atoms with Crippen molar-refractivity contribution in [3.63, 3.8) is 0 Å². The Labute approximate surface area is 139 Å². The molecule has 0 aliphatic carbocycles. The number of alkyl halides is 2. The first kappa shape index (κ1) is 18.3. The number of ether oxygens (including phenoxy) is 1.